The Bertz CT molecular complexity index is 913. The van der Waals surface area contributed by atoms with Crippen LogP contribution in [0.5, 0.6) is 0 Å². The Labute approximate surface area is 200 Å². The molecule has 3 atom stereocenters. The molecule has 1 saturated heterocycles. The Morgan fingerprint density at radius 1 is 1.21 bits per heavy atom. The van der Waals surface area contributed by atoms with Crippen LogP contribution in [-0.4, -0.2) is 76.3 Å². The van der Waals surface area contributed by atoms with Crippen molar-refractivity contribution >= 4 is 41.4 Å². The minimum absolute atomic E-state index is 0.0227. The standard InChI is InChI=1S/C22H29FN4O6S/c1-34-12-18(28)25-15-8-9-27(19(29)6-7-20(30)31)17(11-15)22(33)26-16(21(24)32)10-13-2-4-14(23)5-3-13/h2-5,15-17H,6-12H2,1H3,(H2,24,32)(H,25,28)(H,26,33)(H,30,31)/t15-,16-,17-/m0/s1. The minimum atomic E-state index is -1.14. The van der Waals surface area contributed by atoms with Crippen LogP contribution in [0.2, 0.25) is 0 Å². The van der Waals surface area contributed by atoms with E-state index in [-0.39, 0.29) is 49.9 Å². The number of hydrogen-bond donors (Lipinski definition) is 4. The van der Waals surface area contributed by atoms with E-state index in [4.69, 9.17) is 10.8 Å². The molecule has 0 spiro atoms. The molecule has 0 aromatic heterocycles. The number of amides is 4. The van der Waals surface area contributed by atoms with Gasteiger partial charge in [0.05, 0.1) is 12.2 Å². The fourth-order valence-corrected chi connectivity index (χ4v) is 4.09. The smallest absolute Gasteiger partial charge is 0.303 e. The molecular weight excluding hydrogens is 467 g/mol. The Kier molecular flexibility index (Phi) is 10.3. The normalized spacial score (nSPS) is 18.6. The SMILES string of the molecule is CSCC(=O)N[C@H]1CCN(C(=O)CCC(=O)O)[C@H](C(=O)N[C@@H](Cc2ccc(F)cc2)C(N)=O)C1. The van der Waals surface area contributed by atoms with Gasteiger partial charge in [-0.05, 0) is 36.8 Å². The molecule has 12 heteroatoms. The first-order valence-corrected chi connectivity index (χ1v) is 12.1. The molecule has 1 aliphatic rings. The highest BCUT2D eigenvalue weighted by Crippen LogP contribution is 2.20. The van der Waals surface area contributed by atoms with Crippen LogP contribution >= 0.6 is 11.8 Å². The summed E-state index contributed by atoms with van der Waals surface area (Å²) in [6.07, 6.45) is 1.65. The fraction of sp³-hybridized carbons (Fsp3) is 0.500. The number of nitrogens with two attached hydrogens (primary N) is 1. The van der Waals surface area contributed by atoms with Crippen LogP contribution in [0, 0.1) is 5.82 Å². The molecule has 1 aromatic rings. The van der Waals surface area contributed by atoms with Crippen LogP contribution in [0.3, 0.4) is 0 Å². The van der Waals surface area contributed by atoms with E-state index < -0.39 is 41.6 Å². The van der Waals surface area contributed by atoms with Gasteiger partial charge in [0.2, 0.25) is 23.6 Å². The van der Waals surface area contributed by atoms with Crippen molar-refractivity contribution in [2.45, 2.75) is 50.2 Å². The molecule has 1 aromatic carbocycles. The second-order valence-electron chi connectivity index (χ2n) is 8.01. The van der Waals surface area contributed by atoms with E-state index in [1.165, 1.54) is 40.9 Å². The van der Waals surface area contributed by atoms with Crippen LogP contribution in [0.25, 0.3) is 0 Å². The number of carbonyl (C=O) groups is 5. The lowest BCUT2D eigenvalue weighted by Gasteiger charge is -2.39. The number of aliphatic carboxylic acids is 1. The number of thioether (sulfide) groups is 1. The highest BCUT2D eigenvalue weighted by atomic mass is 32.2. The summed E-state index contributed by atoms with van der Waals surface area (Å²) in [4.78, 5) is 62.0. The summed E-state index contributed by atoms with van der Waals surface area (Å²) >= 11 is 1.35. The van der Waals surface area contributed by atoms with E-state index in [1.54, 1.807) is 6.26 Å². The highest BCUT2D eigenvalue weighted by molar-refractivity contribution is 7.99. The third-order valence-corrected chi connectivity index (χ3v) is 5.98. The molecule has 0 saturated carbocycles. The molecular formula is C22H29FN4O6S. The van der Waals surface area contributed by atoms with Crippen molar-refractivity contribution in [3.8, 4) is 0 Å². The fourth-order valence-electron chi connectivity index (χ4n) is 3.75. The molecule has 186 valence electrons. The number of hydrogen-bond acceptors (Lipinski definition) is 6. The number of rotatable bonds is 11. The number of likely N-dealkylation sites (tertiary alicyclic amines) is 1. The summed E-state index contributed by atoms with van der Waals surface area (Å²) in [7, 11) is 0. The summed E-state index contributed by atoms with van der Waals surface area (Å²) in [6, 6.07) is 2.88. The van der Waals surface area contributed by atoms with Crippen molar-refractivity contribution in [2.75, 3.05) is 18.6 Å². The number of carboxylic acids is 1. The van der Waals surface area contributed by atoms with Gasteiger partial charge in [-0.2, -0.15) is 11.8 Å². The molecule has 34 heavy (non-hydrogen) atoms. The molecule has 0 radical (unpaired) electrons. The zero-order chi connectivity index (χ0) is 25.3. The van der Waals surface area contributed by atoms with Crippen LogP contribution in [0.15, 0.2) is 24.3 Å². The van der Waals surface area contributed by atoms with Crippen LogP contribution in [0.1, 0.15) is 31.2 Å². The number of nitrogens with zero attached hydrogens (tertiary/aromatic N) is 1. The number of nitrogens with one attached hydrogen (secondary N) is 2. The third kappa shape index (κ3) is 8.32. The summed E-state index contributed by atoms with van der Waals surface area (Å²) in [5.74, 6) is -3.49. The van der Waals surface area contributed by atoms with E-state index in [2.05, 4.69) is 10.6 Å². The van der Waals surface area contributed by atoms with E-state index in [0.29, 0.717) is 12.0 Å². The summed E-state index contributed by atoms with van der Waals surface area (Å²) < 4.78 is 13.2. The molecule has 4 amide bonds. The first kappa shape index (κ1) is 27.1. The van der Waals surface area contributed by atoms with Gasteiger partial charge in [0.15, 0.2) is 0 Å². The van der Waals surface area contributed by atoms with Gasteiger partial charge in [0.25, 0.3) is 0 Å². The lowest BCUT2D eigenvalue weighted by molar-refractivity contribution is -0.146. The first-order valence-electron chi connectivity index (χ1n) is 10.7. The maximum absolute atomic E-state index is 13.2. The van der Waals surface area contributed by atoms with E-state index in [1.807, 2.05) is 0 Å². The molecule has 10 nitrogen and oxygen atoms in total. The Hall–Kier alpha value is -3.15. The van der Waals surface area contributed by atoms with Crippen molar-refractivity contribution in [1.82, 2.24) is 15.5 Å². The predicted octanol–water partition coefficient (Wildman–Crippen LogP) is 0.0419. The minimum Gasteiger partial charge on any atom is -0.481 e. The number of carbonyl (C=O) groups excluding carboxylic acids is 4. The summed E-state index contributed by atoms with van der Waals surface area (Å²) in [6.45, 7) is 0.139. The lowest BCUT2D eigenvalue weighted by Crippen LogP contribution is -2.60. The van der Waals surface area contributed by atoms with Gasteiger partial charge in [0.1, 0.15) is 17.9 Å². The molecule has 0 aliphatic carbocycles. The average Bonchev–Trinajstić information content (AvgIpc) is 2.78. The number of carboxylic acid groups (broad SMARTS) is 1. The number of benzene rings is 1. The second-order valence-corrected chi connectivity index (χ2v) is 8.88. The maximum atomic E-state index is 13.2. The van der Waals surface area contributed by atoms with Gasteiger partial charge in [-0.15, -0.1) is 0 Å². The first-order chi connectivity index (χ1) is 16.1. The second kappa shape index (κ2) is 12.9. The van der Waals surface area contributed by atoms with Gasteiger partial charge < -0.3 is 26.4 Å². The molecule has 1 heterocycles. The summed E-state index contributed by atoms with van der Waals surface area (Å²) in [5.41, 5.74) is 6.04. The topological polar surface area (TPSA) is 159 Å². The maximum Gasteiger partial charge on any atom is 0.303 e. The van der Waals surface area contributed by atoms with E-state index in [9.17, 15) is 28.4 Å². The van der Waals surface area contributed by atoms with Crippen molar-refractivity contribution in [1.29, 1.82) is 0 Å². The Morgan fingerprint density at radius 3 is 2.47 bits per heavy atom. The van der Waals surface area contributed by atoms with Crippen LogP contribution in [0.4, 0.5) is 4.39 Å². The molecule has 2 rings (SSSR count). The van der Waals surface area contributed by atoms with E-state index in [0.717, 1.165) is 0 Å². The average molecular weight is 497 g/mol. The van der Waals surface area contributed by atoms with Crippen molar-refractivity contribution in [2.24, 2.45) is 5.73 Å². The van der Waals surface area contributed by atoms with Crippen molar-refractivity contribution in [3.05, 3.63) is 35.6 Å². The van der Waals surface area contributed by atoms with Gasteiger partial charge in [0, 0.05) is 25.4 Å². The number of halogens is 1. The third-order valence-electron chi connectivity index (χ3n) is 5.43. The lowest BCUT2D eigenvalue weighted by atomic mass is 9.95. The van der Waals surface area contributed by atoms with Gasteiger partial charge in [-0.3, -0.25) is 24.0 Å². The van der Waals surface area contributed by atoms with E-state index >= 15 is 0 Å². The Morgan fingerprint density at radius 2 is 1.88 bits per heavy atom. The number of primary amides is 1. The largest absolute Gasteiger partial charge is 0.481 e. The molecule has 0 unspecified atom stereocenters. The quantitative estimate of drug-likeness (QED) is 0.337. The molecule has 0 bridgehead atoms. The predicted molar refractivity (Wildman–Crippen MR) is 123 cm³/mol. The highest BCUT2D eigenvalue weighted by Gasteiger charge is 2.37. The van der Waals surface area contributed by atoms with Crippen LogP contribution in [-0.2, 0) is 30.4 Å². The zero-order valence-corrected chi connectivity index (χ0v) is 19.6. The van der Waals surface area contributed by atoms with Crippen molar-refractivity contribution < 1.29 is 33.5 Å². The van der Waals surface area contributed by atoms with Crippen molar-refractivity contribution in [3.63, 3.8) is 0 Å². The molecule has 5 N–H and O–H groups in total. The zero-order valence-electron chi connectivity index (χ0n) is 18.8. The van der Waals surface area contributed by atoms with Crippen LogP contribution < -0.4 is 16.4 Å². The Balaban J connectivity index is 2.16. The molecule has 1 aliphatic heterocycles. The number of piperidine rings is 1. The monoisotopic (exact) mass is 496 g/mol. The summed E-state index contributed by atoms with van der Waals surface area (Å²) in [5, 5.41) is 14.3. The molecule has 1 fully saturated rings. The van der Waals surface area contributed by atoms with Gasteiger partial charge in [-0.1, -0.05) is 12.1 Å². The van der Waals surface area contributed by atoms with Gasteiger partial charge >= 0.3 is 5.97 Å². The van der Waals surface area contributed by atoms with Gasteiger partial charge in [-0.25, -0.2) is 4.39 Å².